The van der Waals surface area contributed by atoms with Crippen LogP contribution in [0.2, 0.25) is 5.15 Å². The van der Waals surface area contributed by atoms with E-state index in [0.29, 0.717) is 16.8 Å². The second kappa shape index (κ2) is 4.78. The standard InChI is InChI=1S/C12H7ClN4O3/c13-10-5-14-4-8(16-10)11(18)15-6-1-2-9-7(3-6)17-12(19)20-9/h1-5H,(H,15,18)(H,17,19). The van der Waals surface area contributed by atoms with Gasteiger partial charge < -0.3 is 9.73 Å². The van der Waals surface area contributed by atoms with E-state index in [-0.39, 0.29) is 10.8 Å². The van der Waals surface area contributed by atoms with E-state index in [9.17, 15) is 9.59 Å². The normalized spacial score (nSPS) is 10.7. The molecule has 0 saturated heterocycles. The lowest BCUT2D eigenvalue weighted by molar-refractivity contribution is 0.102. The number of carbonyl (C=O) groups excluding carboxylic acids is 1. The number of rotatable bonds is 2. The summed E-state index contributed by atoms with van der Waals surface area (Å²) in [5.41, 5.74) is 1.49. The predicted octanol–water partition coefficient (Wildman–Crippen LogP) is 1.82. The summed E-state index contributed by atoms with van der Waals surface area (Å²) in [5, 5.41) is 2.75. The van der Waals surface area contributed by atoms with Crippen LogP contribution in [0.4, 0.5) is 5.69 Å². The number of H-pyrrole nitrogens is 1. The molecular weight excluding hydrogens is 284 g/mol. The van der Waals surface area contributed by atoms with E-state index in [1.54, 1.807) is 18.2 Å². The van der Waals surface area contributed by atoms with Crippen LogP contribution in [-0.4, -0.2) is 20.9 Å². The molecule has 1 amide bonds. The largest absolute Gasteiger partial charge is 0.417 e. The van der Waals surface area contributed by atoms with Gasteiger partial charge in [-0.05, 0) is 18.2 Å². The molecule has 8 heteroatoms. The zero-order chi connectivity index (χ0) is 14.1. The van der Waals surface area contributed by atoms with Crippen LogP contribution < -0.4 is 11.1 Å². The zero-order valence-corrected chi connectivity index (χ0v) is 10.6. The molecule has 3 rings (SSSR count). The molecule has 0 fully saturated rings. The van der Waals surface area contributed by atoms with Gasteiger partial charge in [0.25, 0.3) is 5.91 Å². The van der Waals surface area contributed by atoms with Gasteiger partial charge in [0.2, 0.25) is 0 Å². The van der Waals surface area contributed by atoms with Crippen molar-refractivity contribution in [1.29, 1.82) is 0 Å². The molecule has 2 heterocycles. The average molecular weight is 291 g/mol. The highest BCUT2D eigenvalue weighted by molar-refractivity contribution is 6.29. The van der Waals surface area contributed by atoms with Crippen LogP contribution >= 0.6 is 11.6 Å². The van der Waals surface area contributed by atoms with Crippen LogP contribution in [0.1, 0.15) is 10.5 Å². The summed E-state index contributed by atoms with van der Waals surface area (Å²) in [5.74, 6) is -1.01. The minimum Gasteiger partial charge on any atom is -0.408 e. The first kappa shape index (κ1) is 12.4. The number of carbonyl (C=O) groups is 1. The smallest absolute Gasteiger partial charge is 0.408 e. The van der Waals surface area contributed by atoms with Gasteiger partial charge in [-0.15, -0.1) is 0 Å². The maximum absolute atomic E-state index is 11.9. The highest BCUT2D eigenvalue weighted by Crippen LogP contribution is 2.16. The lowest BCUT2D eigenvalue weighted by Gasteiger charge is -2.04. The summed E-state index contributed by atoms with van der Waals surface area (Å²) < 4.78 is 4.86. The van der Waals surface area contributed by atoms with Crippen molar-refractivity contribution in [2.75, 3.05) is 5.32 Å². The Morgan fingerprint density at radius 1 is 1.35 bits per heavy atom. The van der Waals surface area contributed by atoms with Gasteiger partial charge >= 0.3 is 5.76 Å². The van der Waals surface area contributed by atoms with Crippen LogP contribution in [0.15, 0.2) is 39.8 Å². The molecule has 0 aliphatic rings. The number of amides is 1. The van der Waals surface area contributed by atoms with Crippen LogP contribution in [0.5, 0.6) is 0 Å². The Morgan fingerprint density at radius 2 is 2.20 bits per heavy atom. The third-order valence-electron chi connectivity index (χ3n) is 2.51. The molecule has 0 saturated carbocycles. The van der Waals surface area contributed by atoms with Crippen molar-refractivity contribution < 1.29 is 9.21 Å². The van der Waals surface area contributed by atoms with Gasteiger partial charge in [0.15, 0.2) is 5.58 Å². The molecule has 2 aromatic heterocycles. The molecule has 0 spiro atoms. The second-order valence-corrected chi connectivity index (χ2v) is 4.29. The fourth-order valence-corrected chi connectivity index (χ4v) is 1.82. The molecule has 0 bridgehead atoms. The summed E-state index contributed by atoms with van der Waals surface area (Å²) in [6.45, 7) is 0. The average Bonchev–Trinajstić information content (AvgIpc) is 2.78. The highest BCUT2D eigenvalue weighted by Gasteiger charge is 2.10. The van der Waals surface area contributed by atoms with Gasteiger partial charge in [0, 0.05) is 5.69 Å². The van der Waals surface area contributed by atoms with Gasteiger partial charge in [-0.25, -0.2) is 9.78 Å². The Morgan fingerprint density at radius 3 is 3.00 bits per heavy atom. The molecular formula is C12H7ClN4O3. The van der Waals surface area contributed by atoms with Gasteiger partial charge in [-0.1, -0.05) is 11.6 Å². The number of aromatic amines is 1. The Labute approximate surface area is 116 Å². The lowest BCUT2D eigenvalue weighted by Crippen LogP contribution is -2.14. The third-order valence-corrected chi connectivity index (χ3v) is 2.70. The Balaban J connectivity index is 1.88. The summed E-state index contributed by atoms with van der Waals surface area (Å²) in [6.07, 6.45) is 2.64. The molecule has 20 heavy (non-hydrogen) atoms. The van der Waals surface area contributed by atoms with Crippen molar-refractivity contribution in [3.63, 3.8) is 0 Å². The highest BCUT2D eigenvalue weighted by atomic mass is 35.5. The molecule has 100 valence electrons. The fourth-order valence-electron chi connectivity index (χ4n) is 1.68. The number of nitrogens with one attached hydrogen (secondary N) is 2. The van der Waals surface area contributed by atoms with Crippen molar-refractivity contribution >= 4 is 34.3 Å². The van der Waals surface area contributed by atoms with E-state index in [1.165, 1.54) is 12.4 Å². The van der Waals surface area contributed by atoms with Crippen LogP contribution in [0, 0.1) is 0 Å². The van der Waals surface area contributed by atoms with Crippen molar-refractivity contribution in [2.24, 2.45) is 0 Å². The minimum absolute atomic E-state index is 0.0956. The number of aromatic nitrogens is 3. The number of benzene rings is 1. The number of halogens is 1. The minimum atomic E-state index is -0.552. The Bertz CT molecular complexity index is 855. The number of hydrogen-bond acceptors (Lipinski definition) is 5. The van der Waals surface area contributed by atoms with Crippen molar-refractivity contribution in [1.82, 2.24) is 15.0 Å². The van der Waals surface area contributed by atoms with Crippen LogP contribution in [-0.2, 0) is 0 Å². The van der Waals surface area contributed by atoms with Gasteiger partial charge in [-0.3, -0.25) is 14.8 Å². The van der Waals surface area contributed by atoms with E-state index < -0.39 is 11.7 Å². The lowest BCUT2D eigenvalue weighted by atomic mass is 10.3. The van der Waals surface area contributed by atoms with Crippen LogP contribution in [0.25, 0.3) is 11.1 Å². The summed E-state index contributed by atoms with van der Waals surface area (Å²) in [6, 6.07) is 4.76. The predicted molar refractivity (Wildman–Crippen MR) is 71.8 cm³/mol. The second-order valence-electron chi connectivity index (χ2n) is 3.91. The first-order valence-electron chi connectivity index (χ1n) is 5.53. The molecule has 7 nitrogen and oxygen atoms in total. The van der Waals surface area contributed by atoms with Gasteiger partial charge in [0.1, 0.15) is 10.8 Å². The summed E-state index contributed by atoms with van der Waals surface area (Å²) in [7, 11) is 0. The third kappa shape index (κ3) is 2.39. The zero-order valence-electron chi connectivity index (χ0n) is 9.88. The van der Waals surface area contributed by atoms with Crippen molar-refractivity contribution in [3.8, 4) is 0 Å². The molecule has 1 aromatic carbocycles. The van der Waals surface area contributed by atoms with E-state index in [0.717, 1.165) is 0 Å². The Hall–Kier alpha value is -2.67. The first-order chi connectivity index (χ1) is 9.61. The molecule has 0 unspecified atom stereocenters. The van der Waals surface area contributed by atoms with E-state index in [2.05, 4.69) is 20.3 Å². The number of anilines is 1. The maximum atomic E-state index is 11.9. The monoisotopic (exact) mass is 290 g/mol. The first-order valence-corrected chi connectivity index (χ1v) is 5.91. The molecule has 0 aliphatic carbocycles. The molecule has 0 atom stereocenters. The van der Waals surface area contributed by atoms with Crippen molar-refractivity contribution in [3.05, 3.63) is 52.0 Å². The molecule has 0 radical (unpaired) electrons. The number of oxazole rings is 1. The SMILES string of the molecule is O=C(Nc1ccc2oc(=O)[nH]c2c1)c1cncc(Cl)n1. The molecule has 3 aromatic rings. The van der Waals surface area contributed by atoms with E-state index >= 15 is 0 Å². The van der Waals surface area contributed by atoms with E-state index in [4.69, 9.17) is 16.0 Å². The topological polar surface area (TPSA) is 101 Å². The quantitative estimate of drug-likeness (QED) is 0.749. The number of nitrogens with zero attached hydrogens (tertiary/aromatic N) is 2. The van der Waals surface area contributed by atoms with Gasteiger partial charge in [0.05, 0.1) is 17.9 Å². The summed E-state index contributed by atoms with van der Waals surface area (Å²) >= 11 is 5.67. The number of fused-ring (bicyclic) bond motifs is 1. The van der Waals surface area contributed by atoms with E-state index in [1.807, 2.05) is 0 Å². The van der Waals surface area contributed by atoms with Gasteiger partial charge in [-0.2, -0.15) is 0 Å². The van der Waals surface area contributed by atoms with Crippen LogP contribution in [0.3, 0.4) is 0 Å². The number of hydrogen-bond donors (Lipinski definition) is 2. The Kier molecular flexibility index (Phi) is 2.96. The molecule has 0 aliphatic heterocycles. The maximum Gasteiger partial charge on any atom is 0.417 e. The molecule has 2 N–H and O–H groups in total. The summed E-state index contributed by atoms with van der Waals surface area (Å²) in [4.78, 5) is 33.1. The fraction of sp³-hybridized carbons (Fsp3) is 0. The van der Waals surface area contributed by atoms with Crippen molar-refractivity contribution in [2.45, 2.75) is 0 Å².